The minimum Gasteiger partial charge on any atom is -1.00 e. The summed E-state index contributed by atoms with van der Waals surface area (Å²) in [6.45, 7) is 3.22. The van der Waals surface area contributed by atoms with E-state index in [9.17, 15) is 17.6 Å². The van der Waals surface area contributed by atoms with Crippen LogP contribution in [0.3, 0.4) is 0 Å². The van der Waals surface area contributed by atoms with Crippen LogP contribution < -0.4 is 17.0 Å². The standard InChI is InChI=1S/C8H5F4.BrH.Zn/c1-5-2-6(8(10,11)12)4-7(9)3-5;;/h2-4H,1H2;1H;/q-1;;+2/p-1. The van der Waals surface area contributed by atoms with Gasteiger partial charge in [-0.1, -0.05) is 0 Å². The van der Waals surface area contributed by atoms with Crippen LogP contribution in [0.5, 0.6) is 0 Å². The van der Waals surface area contributed by atoms with Crippen LogP contribution in [-0.2, 0) is 25.7 Å². The summed E-state index contributed by atoms with van der Waals surface area (Å²) in [6.07, 6.45) is -4.51. The molecule has 0 atom stereocenters. The van der Waals surface area contributed by atoms with E-state index in [-0.39, 0.29) is 42.0 Å². The maximum Gasteiger partial charge on any atom is 2.00 e. The minimum atomic E-state index is -4.51. The zero-order valence-electron chi connectivity index (χ0n) is 7.04. The van der Waals surface area contributed by atoms with Gasteiger partial charge in [0.2, 0.25) is 0 Å². The zero-order valence-corrected chi connectivity index (χ0v) is 11.6. The summed E-state index contributed by atoms with van der Waals surface area (Å²) in [5.41, 5.74) is -0.991. The van der Waals surface area contributed by atoms with E-state index in [2.05, 4.69) is 6.92 Å². The summed E-state index contributed by atoms with van der Waals surface area (Å²) in [5.74, 6) is -0.921. The summed E-state index contributed by atoms with van der Waals surface area (Å²) in [6, 6.07) is 2.17. The average Bonchev–Trinajstić information content (AvgIpc) is 1.82. The van der Waals surface area contributed by atoms with Crippen molar-refractivity contribution >= 4 is 0 Å². The van der Waals surface area contributed by atoms with E-state index in [4.69, 9.17) is 0 Å². The number of rotatable bonds is 0. The maximum absolute atomic E-state index is 12.4. The van der Waals surface area contributed by atoms with Crippen LogP contribution >= 0.6 is 0 Å². The van der Waals surface area contributed by atoms with Crippen LogP contribution in [0, 0.1) is 12.7 Å². The Morgan fingerprint density at radius 3 is 1.93 bits per heavy atom. The average molecular weight is 322 g/mol. The molecular formula is C8H5BrF4Zn. The summed E-state index contributed by atoms with van der Waals surface area (Å²) in [7, 11) is 0. The molecule has 0 aliphatic heterocycles. The van der Waals surface area contributed by atoms with Gasteiger partial charge in [-0.3, -0.25) is 0 Å². The smallest absolute Gasteiger partial charge is 1.00 e. The molecule has 0 amide bonds. The second kappa shape index (κ2) is 5.71. The molecule has 0 aromatic heterocycles. The van der Waals surface area contributed by atoms with E-state index in [0.717, 1.165) is 12.1 Å². The van der Waals surface area contributed by atoms with Crippen molar-refractivity contribution in [1.29, 1.82) is 0 Å². The number of hydrogen-bond acceptors (Lipinski definition) is 0. The molecule has 0 radical (unpaired) electrons. The molecule has 0 saturated heterocycles. The molecule has 0 heterocycles. The van der Waals surface area contributed by atoms with Crippen LogP contribution in [0.25, 0.3) is 0 Å². The quantitative estimate of drug-likeness (QED) is 0.359. The summed E-state index contributed by atoms with van der Waals surface area (Å²) >= 11 is 0. The fourth-order valence-corrected chi connectivity index (χ4v) is 0.814. The third kappa shape index (κ3) is 4.42. The van der Waals surface area contributed by atoms with Crippen molar-refractivity contribution in [3.63, 3.8) is 0 Å². The Morgan fingerprint density at radius 1 is 1.07 bits per heavy atom. The summed E-state index contributed by atoms with van der Waals surface area (Å²) in [4.78, 5) is 0. The molecule has 1 rings (SSSR count). The Kier molecular flexibility index (Phi) is 6.67. The predicted octanol–water partition coefficient (Wildman–Crippen LogP) is 0.0282. The molecule has 0 fully saturated rings. The van der Waals surface area contributed by atoms with Gasteiger partial charge in [0.1, 0.15) is 0 Å². The van der Waals surface area contributed by atoms with Crippen molar-refractivity contribution in [3.05, 3.63) is 42.1 Å². The fraction of sp³-hybridized carbons (Fsp3) is 0.125. The summed E-state index contributed by atoms with van der Waals surface area (Å²) < 4.78 is 48.3. The third-order valence-electron chi connectivity index (χ3n) is 1.28. The molecule has 0 saturated carbocycles. The molecule has 0 nitrogen and oxygen atoms in total. The van der Waals surface area contributed by atoms with E-state index in [0.29, 0.717) is 6.07 Å². The van der Waals surface area contributed by atoms with E-state index in [1.807, 2.05) is 0 Å². The van der Waals surface area contributed by atoms with Gasteiger partial charge in [-0.05, 0) is 6.07 Å². The molecular weight excluding hydrogens is 317 g/mol. The molecule has 14 heavy (non-hydrogen) atoms. The van der Waals surface area contributed by atoms with Gasteiger partial charge in [0.15, 0.2) is 0 Å². The topological polar surface area (TPSA) is 0 Å². The minimum absolute atomic E-state index is 0. The Hall–Kier alpha value is -0.0866. The first-order valence-corrected chi connectivity index (χ1v) is 3.09. The van der Waals surface area contributed by atoms with Crippen molar-refractivity contribution in [1.82, 2.24) is 0 Å². The molecule has 1 aromatic carbocycles. The van der Waals surface area contributed by atoms with Crippen molar-refractivity contribution in [3.8, 4) is 0 Å². The van der Waals surface area contributed by atoms with Gasteiger partial charge in [0, 0.05) is 5.56 Å². The number of hydrogen-bond donors (Lipinski definition) is 0. The Bertz CT molecular complexity index is 278. The van der Waals surface area contributed by atoms with E-state index in [1.54, 1.807) is 0 Å². The first-order chi connectivity index (χ1) is 5.39. The fourth-order valence-electron chi connectivity index (χ4n) is 0.814. The Labute approximate surface area is 102 Å². The van der Waals surface area contributed by atoms with Crippen molar-refractivity contribution < 1.29 is 54.0 Å². The van der Waals surface area contributed by atoms with Gasteiger partial charge in [-0.25, -0.2) is 4.39 Å². The number of halogens is 5. The monoisotopic (exact) mass is 320 g/mol. The normalized spacial score (nSPS) is 10.0. The van der Waals surface area contributed by atoms with Gasteiger partial charge in [-0.15, -0.1) is 6.07 Å². The largest absolute Gasteiger partial charge is 2.00 e. The van der Waals surface area contributed by atoms with Crippen LogP contribution in [0.4, 0.5) is 17.6 Å². The van der Waals surface area contributed by atoms with Crippen molar-refractivity contribution in [2.45, 2.75) is 6.18 Å². The van der Waals surface area contributed by atoms with Crippen molar-refractivity contribution in [2.75, 3.05) is 0 Å². The van der Waals surface area contributed by atoms with Crippen LogP contribution in [0.15, 0.2) is 18.2 Å². The molecule has 74 valence electrons. The molecule has 0 bridgehead atoms. The molecule has 0 N–H and O–H groups in total. The molecule has 6 heteroatoms. The third-order valence-corrected chi connectivity index (χ3v) is 1.28. The molecule has 0 aliphatic carbocycles. The van der Waals surface area contributed by atoms with Gasteiger partial charge in [-0.2, -0.15) is 31.7 Å². The van der Waals surface area contributed by atoms with Crippen LogP contribution in [-0.4, -0.2) is 0 Å². The first-order valence-electron chi connectivity index (χ1n) is 3.09. The van der Waals surface area contributed by atoms with E-state index < -0.39 is 17.6 Å². The molecule has 0 spiro atoms. The number of benzene rings is 1. The van der Waals surface area contributed by atoms with Crippen molar-refractivity contribution in [2.24, 2.45) is 0 Å². The van der Waals surface area contributed by atoms with Crippen LogP contribution in [0.2, 0.25) is 0 Å². The van der Waals surface area contributed by atoms with Crippen LogP contribution in [0.1, 0.15) is 11.1 Å². The molecule has 0 aliphatic rings. The van der Waals surface area contributed by atoms with E-state index >= 15 is 0 Å². The second-order valence-electron chi connectivity index (χ2n) is 2.35. The molecule has 1 aromatic rings. The van der Waals surface area contributed by atoms with Gasteiger partial charge in [0.05, 0.1) is 5.82 Å². The zero-order chi connectivity index (χ0) is 9.35. The number of alkyl halides is 3. The SMILES string of the molecule is [Br-].[CH2-]c1cc(F)cc(C(F)(F)F)c1.[Zn+2]. The van der Waals surface area contributed by atoms with Gasteiger partial charge >= 0.3 is 25.7 Å². The Balaban J connectivity index is 0. The van der Waals surface area contributed by atoms with Gasteiger partial charge < -0.3 is 17.0 Å². The van der Waals surface area contributed by atoms with Gasteiger partial charge in [0.25, 0.3) is 0 Å². The van der Waals surface area contributed by atoms with E-state index in [1.165, 1.54) is 0 Å². The first kappa shape index (κ1) is 16.3. The summed E-state index contributed by atoms with van der Waals surface area (Å²) in [5, 5.41) is 0. The Morgan fingerprint density at radius 2 is 1.57 bits per heavy atom. The maximum atomic E-state index is 12.4. The predicted molar refractivity (Wildman–Crippen MR) is 35.9 cm³/mol. The second-order valence-corrected chi connectivity index (χ2v) is 2.35. The molecule has 0 unspecified atom stereocenters.